The Labute approximate surface area is 211 Å². The lowest BCUT2D eigenvalue weighted by Crippen LogP contribution is -2.49. The first kappa shape index (κ1) is 26.1. The molecule has 0 bridgehead atoms. The van der Waals surface area contributed by atoms with Gasteiger partial charge in [-0.25, -0.2) is 4.79 Å². The van der Waals surface area contributed by atoms with E-state index in [1.807, 2.05) is 11.2 Å². The third kappa shape index (κ3) is 6.06. The highest BCUT2D eigenvalue weighted by atomic mass is 32.2. The lowest BCUT2D eigenvalue weighted by molar-refractivity contribution is -0.142. The molecule has 4 rings (SSSR count). The van der Waals surface area contributed by atoms with Crippen molar-refractivity contribution in [3.05, 3.63) is 41.6 Å². The van der Waals surface area contributed by atoms with Gasteiger partial charge in [-0.1, -0.05) is 18.0 Å². The van der Waals surface area contributed by atoms with Crippen molar-refractivity contribution in [2.45, 2.75) is 25.6 Å². The molecule has 13 heteroatoms. The molecule has 0 radical (unpaired) electrons. The van der Waals surface area contributed by atoms with Crippen molar-refractivity contribution in [3.8, 4) is 0 Å². The number of piperazine rings is 1. The quantitative estimate of drug-likeness (QED) is 0.551. The molecule has 2 N–H and O–H groups in total. The van der Waals surface area contributed by atoms with E-state index in [0.29, 0.717) is 56.9 Å². The number of hydrogen-bond acceptors (Lipinski definition) is 7. The second-order valence-electron chi connectivity index (χ2n) is 8.95. The summed E-state index contributed by atoms with van der Waals surface area (Å²) in [6.45, 7) is 2.87. The summed E-state index contributed by atoms with van der Waals surface area (Å²) in [6.07, 6.45) is -0.419. The van der Waals surface area contributed by atoms with Gasteiger partial charge in [0.05, 0.1) is 11.5 Å². The fraction of sp³-hybridized carbons (Fsp3) is 0.522. The fourth-order valence-electron chi connectivity index (χ4n) is 4.64. The van der Waals surface area contributed by atoms with Crippen LogP contribution in [0.1, 0.15) is 24.0 Å². The van der Waals surface area contributed by atoms with E-state index in [1.165, 1.54) is 28.8 Å². The van der Waals surface area contributed by atoms with Gasteiger partial charge in [0.15, 0.2) is 5.82 Å². The summed E-state index contributed by atoms with van der Waals surface area (Å²) in [7, 11) is 0. The topological polar surface area (TPSA) is 93.9 Å². The molecule has 3 heterocycles. The Kier molecular flexibility index (Phi) is 7.98. The Hall–Kier alpha value is -2.93. The summed E-state index contributed by atoms with van der Waals surface area (Å²) < 4.78 is 46.0. The molecular formula is C23H29F3N6O3S. The van der Waals surface area contributed by atoms with E-state index in [4.69, 9.17) is 5.11 Å². The zero-order valence-corrected chi connectivity index (χ0v) is 20.7. The van der Waals surface area contributed by atoms with Crippen molar-refractivity contribution in [1.82, 2.24) is 19.6 Å². The summed E-state index contributed by atoms with van der Waals surface area (Å²) in [5.41, 5.74) is -0.0536. The Bertz CT molecular complexity index is 1080. The number of nitrogens with zero attached hydrogens (tertiary/aromatic N) is 5. The second kappa shape index (κ2) is 11.0. The van der Waals surface area contributed by atoms with Gasteiger partial charge in [-0.3, -0.25) is 9.69 Å². The number of carboxylic acid groups (broad SMARTS) is 1. The van der Waals surface area contributed by atoms with Gasteiger partial charge < -0.3 is 19.6 Å². The van der Waals surface area contributed by atoms with Gasteiger partial charge in [-0.05, 0) is 30.5 Å². The Morgan fingerprint density at radius 2 is 1.81 bits per heavy atom. The summed E-state index contributed by atoms with van der Waals surface area (Å²) in [5, 5.41) is 13.4. The number of carbonyl (C=O) groups excluding carboxylic acids is 1. The van der Waals surface area contributed by atoms with Crippen LogP contribution >= 0.6 is 11.9 Å². The molecule has 2 saturated heterocycles. The lowest BCUT2D eigenvalue weighted by Gasteiger charge is -2.35. The monoisotopic (exact) mass is 526 g/mol. The minimum atomic E-state index is -4.52. The summed E-state index contributed by atoms with van der Waals surface area (Å²) in [6, 6.07) is 5.87. The number of aromatic nitrogens is 2. The van der Waals surface area contributed by atoms with Gasteiger partial charge in [-0.15, -0.1) is 5.10 Å². The van der Waals surface area contributed by atoms with Gasteiger partial charge in [-0.2, -0.15) is 17.9 Å². The van der Waals surface area contributed by atoms with Crippen LogP contribution in [0.15, 0.2) is 30.5 Å². The number of benzene rings is 1. The largest absolute Gasteiger partial charge is 0.481 e. The summed E-state index contributed by atoms with van der Waals surface area (Å²) >= 11 is 1.38. The third-order valence-corrected chi connectivity index (χ3v) is 7.01. The zero-order chi connectivity index (χ0) is 25.9. The molecule has 196 valence electrons. The van der Waals surface area contributed by atoms with E-state index < -0.39 is 23.6 Å². The third-order valence-electron chi connectivity index (χ3n) is 6.59. The number of alkyl halides is 3. The van der Waals surface area contributed by atoms with E-state index in [2.05, 4.69) is 9.82 Å². The number of carbonyl (C=O) groups is 2. The van der Waals surface area contributed by atoms with Gasteiger partial charge in [0.2, 0.25) is 0 Å². The minimum absolute atomic E-state index is 0.0973. The fourth-order valence-corrected chi connectivity index (χ4v) is 4.96. The molecule has 1 aromatic carbocycles. The van der Waals surface area contributed by atoms with Gasteiger partial charge >= 0.3 is 18.2 Å². The highest BCUT2D eigenvalue weighted by Gasteiger charge is 2.36. The average Bonchev–Trinajstić information content (AvgIpc) is 3.32. The first-order valence-corrected chi connectivity index (χ1v) is 12.9. The molecule has 2 aromatic rings. The maximum Gasteiger partial charge on any atom is 0.418 e. The zero-order valence-electron chi connectivity index (χ0n) is 19.9. The van der Waals surface area contributed by atoms with Crippen LogP contribution in [0, 0.1) is 5.92 Å². The SMILES string of the molecule is CSNc1ccn(C(=O)N2CCN(Cc3ccc(N4CCC(C(=O)O)CC4)c(C(F)(F)F)c3)CC2)n1. The van der Waals surface area contributed by atoms with Crippen LogP contribution in [0.25, 0.3) is 0 Å². The summed E-state index contributed by atoms with van der Waals surface area (Å²) in [5.74, 6) is -0.822. The van der Waals surface area contributed by atoms with E-state index in [1.54, 1.807) is 28.1 Å². The molecule has 2 aliphatic heterocycles. The molecule has 0 spiro atoms. The van der Waals surface area contributed by atoms with Gasteiger partial charge in [0, 0.05) is 70.0 Å². The number of amides is 1. The van der Waals surface area contributed by atoms with E-state index in [0.717, 1.165) is 0 Å². The number of halogens is 3. The van der Waals surface area contributed by atoms with E-state index in [-0.39, 0.29) is 24.8 Å². The molecule has 36 heavy (non-hydrogen) atoms. The Morgan fingerprint density at radius 3 is 2.42 bits per heavy atom. The highest BCUT2D eigenvalue weighted by molar-refractivity contribution is 7.99. The van der Waals surface area contributed by atoms with Crippen LogP contribution in [0.4, 0.5) is 29.5 Å². The standard InChI is InChI=1S/C23H29F3N6O3S/c1-36-28-20-6-9-32(27-20)22(35)31-12-10-29(11-13-31)15-16-2-3-19(18(14-16)23(24,25)26)30-7-4-17(5-8-30)21(33)34/h2-3,6,9,14,17H,4-5,7-8,10-13,15H2,1H3,(H,27,28)(H,33,34). The van der Waals surface area contributed by atoms with Crippen LogP contribution in [-0.2, 0) is 17.5 Å². The molecule has 0 aliphatic carbocycles. The normalized spacial score (nSPS) is 17.9. The van der Waals surface area contributed by atoms with Crippen molar-refractivity contribution >= 4 is 35.5 Å². The molecule has 0 saturated carbocycles. The molecule has 2 fully saturated rings. The van der Waals surface area contributed by atoms with Crippen molar-refractivity contribution in [3.63, 3.8) is 0 Å². The number of rotatable bonds is 6. The highest BCUT2D eigenvalue weighted by Crippen LogP contribution is 2.39. The van der Waals surface area contributed by atoms with Crippen LogP contribution in [-0.4, -0.2) is 82.2 Å². The molecule has 0 unspecified atom stereocenters. The van der Waals surface area contributed by atoms with Crippen molar-refractivity contribution in [1.29, 1.82) is 0 Å². The Morgan fingerprint density at radius 1 is 1.11 bits per heavy atom. The number of piperidine rings is 1. The molecule has 9 nitrogen and oxygen atoms in total. The Balaban J connectivity index is 1.38. The van der Waals surface area contributed by atoms with E-state index >= 15 is 0 Å². The maximum absolute atomic E-state index is 13.9. The van der Waals surface area contributed by atoms with Crippen molar-refractivity contribution in [2.24, 2.45) is 5.92 Å². The first-order chi connectivity index (χ1) is 17.2. The van der Waals surface area contributed by atoms with Crippen LogP contribution < -0.4 is 9.62 Å². The van der Waals surface area contributed by atoms with Crippen LogP contribution in [0.2, 0.25) is 0 Å². The summed E-state index contributed by atoms with van der Waals surface area (Å²) in [4.78, 5) is 29.2. The van der Waals surface area contributed by atoms with Crippen LogP contribution in [0.5, 0.6) is 0 Å². The smallest absolute Gasteiger partial charge is 0.418 e. The lowest BCUT2D eigenvalue weighted by atomic mass is 9.95. The van der Waals surface area contributed by atoms with E-state index in [9.17, 15) is 22.8 Å². The molecular weight excluding hydrogens is 497 g/mol. The molecule has 1 amide bonds. The van der Waals surface area contributed by atoms with Gasteiger partial charge in [0.25, 0.3) is 0 Å². The minimum Gasteiger partial charge on any atom is -0.481 e. The van der Waals surface area contributed by atoms with Crippen molar-refractivity contribution < 1.29 is 27.9 Å². The first-order valence-electron chi connectivity index (χ1n) is 11.7. The number of hydrogen-bond donors (Lipinski definition) is 2. The molecule has 1 aromatic heterocycles. The van der Waals surface area contributed by atoms with Gasteiger partial charge in [0.1, 0.15) is 0 Å². The average molecular weight is 527 g/mol. The second-order valence-corrected chi connectivity index (χ2v) is 9.56. The number of nitrogens with one attached hydrogen (secondary N) is 1. The molecule has 2 aliphatic rings. The van der Waals surface area contributed by atoms with Crippen molar-refractivity contribution in [2.75, 3.05) is 55.1 Å². The molecule has 0 atom stereocenters. The number of carboxylic acids is 1. The number of aliphatic carboxylic acids is 1. The number of anilines is 2. The predicted octanol–water partition coefficient (Wildman–Crippen LogP) is 3.68. The van der Waals surface area contributed by atoms with Crippen LogP contribution in [0.3, 0.4) is 0 Å². The predicted molar refractivity (Wildman–Crippen MR) is 131 cm³/mol. The maximum atomic E-state index is 13.9.